The summed E-state index contributed by atoms with van der Waals surface area (Å²) in [5, 5.41) is 26.9. The molecule has 1 fully saturated rings. The van der Waals surface area contributed by atoms with E-state index >= 15 is 0 Å². The largest absolute Gasteiger partial charge is 0.480 e. The van der Waals surface area contributed by atoms with Crippen molar-refractivity contribution < 1.29 is 29.7 Å². The lowest BCUT2D eigenvalue weighted by Gasteiger charge is -2.42. The topological polar surface area (TPSA) is 118 Å². The van der Waals surface area contributed by atoms with E-state index < -0.39 is 30.2 Å². The molecule has 0 radical (unpaired) electrons. The van der Waals surface area contributed by atoms with Crippen molar-refractivity contribution in [1.29, 1.82) is 0 Å². The van der Waals surface area contributed by atoms with Crippen LogP contribution in [-0.2, 0) is 4.79 Å². The van der Waals surface area contributed by atoms with Gasteiger partial charge in [-0.1, -0.05) is 6.08 Å². The second-order valence-corrected chi connectivity index (χ2v) is 3.91. The average Bonchev–Trinajstić information content (AvgIpc) is 2.27. The van der Waals surface area contributed by atoms with Crippen LogP contribution in [0.5, 0.6) is 0 Å². The third-order valence-corrected chi connectivity index (χ3v) is 2.77. The smallest absolute Gasteiger partial charge is 0.408 e. The van der Waals surface area contributed by atoms with Gasteiger partial charge in [-0.05, 0) is 6.42 Å². The van der Waals surface area contributed by atoms with Crippen LogP contribution in [0, 0.1) is 0 Å². The highest BCUT2D eigenvalue weighted by Gasteiger charge is 2.42. The number of nitrogens with zero attached hydrogens (tertiary/aromatic N) is 2. The Morgan fingerprint density at radius 2 is 1.78 bits per heavy atom. The van der Waals surface area contributed by atoms with Crippen molar-refractivity contribution in [3.8, 4) is 0 Å². The quantitative estimate of drug-likeness (QED) is 0.629. The van der Waals surface area contributed by atoms with Gasteiger partial charge in [-0.3, -0.25) is 4.90 Å². The molecule has 1 rings (SSSR count). The molecule has 0 aromatic heterocycles. The van der Waals surface area contributed by atoms with Crippen LogP contribution in [0.1, 0.15) is 6.42 Å². The van der Waals surface area contributed by atoms with Gasteiger partial charge in [0.25, 0.3) is 0 Å². The van der Waals surface area contributed by atoms with Gasteiger partial charge in [-0.15, -0.1) is 6.58 Å². The van der Waals surface area contributed by atoms with Gasteiger partial charge in [-0.2, -0.15) is 0 Å². The Morgan fingerprint density at radius 3 is 2.17 bits per heavy atom. The van der Waals surface area contributed by atoms with Crippen molar-refractivity contribution in [1.82, 2.24) is 9.80 Å². The molecule has 0 spiro atoms. The zero-order valence-electron chi connectivity index (χ0n) is 9.52. The highest BCUT2D eigenvalue weighted by atomic mass is 16.4. The van der Waals surface area contributed by atoms with Crippen LogP contribution in [0.2, 0.25) is 0 Å². The molecule has 1 heterocycles. The molecule has 2 unspecified atom stereocenters. The van der Waals surface area contributed by atoms with Crippen molar-refractivity contribution in [2.75, 3.05) is 13.1 Å². The maximum Gasteiger partial charge on any atom is 0.408 e. The molecule has 1 saturated heterocycles. The van der Waals surface area contributed by atoms with Gasteiger partial charge in [0.1, 0.15) is 0 Å². The molecular formula is C10H14N2O6. The normalized spacial score (nSPS) is 23.6. The van der Waals surface area contributed by atoms with Gasteiger partial charge in [0, 0.05) is 6.54 Å². The third-order valence-electron chi connectivity index (χ3n) is 2.77. The Hall–Kier alpha value is -2.25. The van der Waals surface area contributed by atoms with E-state index in [1.54, 1.807) is 0 Å². The second kappa shape index (κ2) is 5.39. The Balaban J connectivity index is 3.03. The number of piperazine rings is 1. The van der Waals surface area contributed by atoms with Crippen molar-refractivity contribution in [2.45, 2.75) is 18.5 Å². The van der Waals surface area contributed by atoms with Gasteiger partial charge < -0.3 is 20.2 Å². The van der Waals surface area contributed by atoms with Crippen LogP contribution in [0.25, 0.3) is 0 Å². The van der Waals surface area contributed by atoms with E-state index in [2.05, 4.69) is 6.58 Å². The summed E-state index contributed by atoms with van der Waals surface area (Å²) in [6.45, 7) is 3.03. The van der Waals surface area contributed by atoms with E-state index in [0.29, 0.717) is 0 Å². The molecule has 8 nitrogen and oxygen atoms in total. The average molecular weight is 258 g/mol. The summed E-state index contributed by atoms with van der Waals surface area (Å²) in [6, 6.07) is -2.12. The highest BCUT2D eigenvalue weighted by molar-refractivity contribution is 5.81. The number of amides is 2. The summed E-state index contributed by atoms with van der Waals surface area (Å²) in [7, 11) is 0. The van der Waals surface area contributed by atoms with Crippen molar-refractivity contribution in [2.24, 2.45) is 0 Å². The zero-order chi connectivity index (χ0) is 13.9. The Bertz CT molecular complexity index is 383. The first-order chi connectivity index (χ1) is 8.38. The Morgan fingerprint density at radius 1 is 1.17 bits per heavy atom. The van der Waals surface area contributed by atoms with Gasteiger partial charge >= 0.3 is 18.2 Å². The molecule has 2 amide bonds. The highest BCUT2D eigenvalue weighted by Crippen LogP contribution is 2.19. The predicted molar refractivity (Wildman–Crippen MR) is 59.5 cm³/mol. The number of aliphatic carboxylic acids is 1. The van der Waals surface area contributed by atoms with Gasteiger partial charge in [0.2, 0.25) is 0 Å². The molecule has 1 aliphatic heterocycles. The van der Waals surface area contributed by atoms with E-state index in [-0.39, 0.29) is 19.5 Å². The van der Waals surface area contributed by atoms with Gasteiger partial charge in [-0.25, -0.2) is 14.4 Å². The molecule has 0 aromatic rings. The summed E-state index contributed by atoms with van der Waals surface area (Å²) in [6.07, 6.45) is -1.01. The second-order valence-electron chi connectivity index (χ2n) is 3.91. The fraction of sp³-hybridized carbons (Fsp3) is 0.500. The first kappa shape index (κ1) is 13.8. The summed E-state index contributed by atoms with van der Waals surface area (Å²) in [4.78, 5) is 34.7. The van der Waals surface area contributed by atoms with Gasteiger partial charge in [0.05, 0.1) is 12.6 Å². The monoisotopic (exact) mass is 258 g/mol. The predicted octanol–water partition coefficient (Wildman–Crippen LogP) is 0.358. The zero-order valence-corrected chi connectivity index (χ0v) is 9.52. The summed E-state index contributed by atoms with van der Waals surface area (Å²) >= 11 is 0. The van der Waals surface area contributed by atoms with E-state index in [9.17, 15) is 14.4 Å². The summed E-state index contributed by atoms with van der Waals surface area (Å²) in [5.74, 6) is -1.36. The fourth-order valence-corrected chi connectivity index (χ4v) is 1.99. The molecule has 0 bridgehead atoms. The minimum absolute atomic E-state index is 0.0581. The van der Waals surface area contributed by atoms with Crippen molar-refractivity contribution >= 4 is 18.2 Å². The lowest BCUT2D eigenvalue weighted by Crippen LogP contribution is -2.63. The fourth-order valence-electron chi connectivity index (χ4n) is 1.99. The number of carboxylic acid groups (broad SMARTS) is 3. The van der Waals surface area contributed by atoms with Crippen molar-refractivity contribution in [3.05, 3.63) is 12.7 Å². The molecule has 100 valence electrons. The van der Waals surface area contributed by atoms with E-state index in [4.69, 9.17) is 15.3 Å². The molecule has 18 heavy (non-hydrogen) atoms. The number of hydrogen-bond acceptors (Lipinski definition) is 3. The number of hydrogen-bond donors (Lipinski definition) is 3. The van der Waals surface area contributed by atoms with Crippen LogP contribution < -0.4 is 0 Å². The van der Waals surface area contributed by atoms with Crippen LogP contribution in [0.15, 0.2) is 12.7 Å². The molecular weight excluding hydrogens is 244 g/mol. The molecule has 3 N–H and O–H groups in total. The molecule has 0 saturated carbocycles. The van der Waals surface area contributed by atoms with E-state index in [1.165, 1.54) is 6.08 Å². The maximum absolute atomic E-state index is 11.1. The number of carbonyl (C=O) groups is 3. The Labute approximate surface area is 103 Å². The van der Waals surface area contributed by atoms with Gasteiger partial charge in [0.15, 0.2) is 6.04 Å². The van der Waals surface area contributed by atoms with Crippen LogP contribution in [-0.4, -0.2) is 68.4 Å². The number of carboxylic acids is 1. The molecule has 8 heteroatoms. The van der Waals surface area contributed by atoms with E-state index in [0.717, 1.165) is 9.80 Å². The van der Waals surface area contributed by atoms with Crippen molar-refractivity contribution in [3.63, 3.8) is 0 Å². The lowest BCUT2D eigenvalue weighted by molar-refractivity contribution is -0.145. The minimum Gasteiger partial charge on any atom is -0.480 e. The van der Waals surface area contributed by atoms with Crippen LogP contribution in [0.3, 0.4) is 0 Å². The third kappa shape index (κ3) is 2.70. The summed E-state index contributed by atoms with van der Waals surface area (Å²) in [5.41, 5.74) is 0. The SMILES string of the molecule is C=CCC1CN(C(=O)O)CC(C(=O)O)N1C(=O)O. The van der Waals surface area contributed by atoms with E-state index in [1.807, 2.05) is 0 Å². The maximum atomic E-state index is 11.1. The molecule has 2 atom stereocenters. The first-order valence-electron chi connectivity index (χ1n) is 5.21. The minimum atomic E-state index is -1.39. The van der Waals surface area contributed by atoms with Crippen LogP contribution >= 0.6 is 0 Å². The van der Waals surface area contributed by atoms with Crippen LogP contribution in [0.4, 0.5) is 9.59 Å². The molecule has 1 aliphatic rings. The first-order valence-corrected chi connectivity index (χ1v) is 5.21. The molecule has 0 aliphatic carbocycles. The lowest BCUT2D eigenvalue weighted by atomic mass is 10.0. The molecule has 0 aromatic carbocycles. The standard InChI is InChI=1S/C10H14N2O6/c1-2-3-6-4-11(9(15)16)5-7(8(13)14)12(6)10(17)18/h2,6-7H,1,3-5H2,(H,13,14)(H,15,16)(H,17,18). The summed E-state index contributed by atoms with van der Waals surface area (Å²) < 4.78 is 0. The number of rotatable bonds is 3. The Kier molecular flexibility index (Phi) is 4.13.